The Hall–Kier alpha value is -1.49. The minimum Gasteiger partial charge on any atom is -0.466 e. The summed E-state index contributed by atoms with van der Waals surface area (Å²) in [5, 5.41) is 0.547. The molecule has 0 spiro atoms. The number of benzene rings is 1. The van der Waals surface area contributed by atoms with Crippen molar-refractivity contribution in [2.24, 2.45) is 5.92 Å². The zero-order valence-corrected chi connectivity index (χ0v) is 15.6. The molecule has 1 aliphatic heterocycles. The van der Waals surface area contributed by atoms with E-state index in [9.17, 15) is 9.59 Å². The molecule has 0 bridgehead atoms. The van der Waals surface area contributed by atoms with E-state index in [4.69, 9.17) is 4.74 Å². The Morgan fingerprint density at radius 3 is 2.62 bits per heavy atom. The molecular weight excluding hydrogens is 322 g/mol. The number of likely N-dealkylation sites (tertiary alicyclic amines) is 1. The first-order chi connectivity index (χ1) is 11.5. The molecule has 132 valence electrons. The van der Waals surface area contributed by atoms with Gasteiger partial charge in [0.05, 0.1) is 18.9 Å². The van der Waals surface area contributed by atoms with Gasteiger partial charge >= 0.3 is 5.97 Å². The third kappa shape index (κ3) is 5.55. The van der Waals surface area contributed by atoms with Crippen molar-refractivity contribution in [2.75, 3.05) is 19.7 Å². The zero-order valence-electron chi connectivity index (χ0n) is 14.8. The molecule has 0 radical (unpaired) electrons. The maximum absolute atomic E-state index is 12.5. The summed E-state index contributed by atoms with van der Waals surface area (Å²) in [6.07, 6.45) is 2.06. The second kappa shape index (κ2) is 9.11. The van der Waals surface area contributed by atoms with Crippen LogP contribution in [0.15, 0.2) is 29.2 Å². The molecule has 0 aliphatic carbocycles. The van der Waals surface area contributed by atoms with Gasteiger partial charge in [0, 0.05) is 23.2 Å². The smallest absolute Gasteiger partial charge is 0.310 e. The molecule has 1 unspecified atom stereocenters. The van der Waals surface area contributed by atoms with E-state index >= 15 is 0 Å². The fourth-order valence-corrected chi connectivity index (χ4v) is 3.74. The Bertz CT molecular complexity index is 556. The molecule has 5 heteroatoms. The van der Waals surface area contributed by atoms with Crippen molar-refractivity contribution in [1.29, 1.82) is 0 Å². The van der Waals surface area contributed by atoms with Crippen LogP contribution in [0.2, 0.25) is 0 Å². The number of esters is 1. The quantitative estimate of drug-likeness (QED) is 0.582. The van der Waals surface area contributed by atoms with Crippen molar-refractivity contribution < 1.29 is 14.3 Å². The van der Waals surface area contributed by atoms with E-state index in [0.717, 1.165) is 24.9 Å². The molecule has 1 atom stereocenters. The summed E-state index contributed by atoms with van der Waals surface area (Å²) in [6.45, 7) is 7.75. The Kier molecular flexibility index (Phi) is 7.16. The van der Waals surface area contributed by atoms with Gasteiger partial charge in [-0.3, -0.25) is 9.59 Å². The molecule has 1 aliphatic rings. The summed E-state index contributed by atoms with van der Waals surface area (Å²) in [6, 6.07) is 8.20. The largest absolute Gasteiger partial charge is 0.466 e. The average molecular weight is 349 g/mol. The van der Waals surface area contributed by atoms with Crippen LogP contribution in [-0.2, 0) is 20.7 Å². The van der Waals surface area contributed by atoms with Crippen LogP contribution in [0.1, 0.15) is 39.2 Å². The van der Waals surface area contributed by atoms with Crippen molar-refractivity contribution in [2.45, 2.75) is 50.2 Å². The predicted molar refractivity (Wildman–Crippen MR) is 97.1 cm³/mol. The van der Waals surface area contributed by atoms with E-state index < -0.39 is 0 Å². The van der Waals surface area contributed by atoms with E-state index in [-0.39, 0.29) is 17.8 Å². The zero-order chi connectivity index (χ0) is 17.5. The molecule has 24 heavy (non-hydrogen) atoms. The lowest BCUT2D eigenvalue weighted by molar-refractivity contribution is -0.151. The van der Waals surface area contributed by atoms with Crippen molar-refractivity contribution in [3.05, 3.63) is 29.8 Å². The number of hydrogen-bond acceptors (Lipinski definition) is 4. The third-order valence-electron chi connectivity index (χ3n) is 4.04. The van der Waals surface area contributed by atoms with E-state index in [1.54, 1.807) is 0 Å². The minimum absolute atomic E-state index is 0.0910. The van der Waals surface area contributed by atoms with Crippen LogP contribution in [0.3, 0.4) is 0 Å². The predicted octanol–water partition coefficient (Wildman–Crippen LogP) is 3.53. The summed E-state index contributed by atoms with van der Waals surface area (Å²) in [4.78, 5) is 27.4. The van der Waals surface area contributed by atoms with Gasteiger partial charge in [-0.2, -0.15) is 0 Å². The molecule has 1 fully saturated rings. The average Bonchev–Trinajstić information content (AvgIpc) is 2.56. The van der Waals surface area contributed by atoms with Crippen molar-refractivity contribution in [1.82, 2.24) is 4.90 Å². The van der Waals surface area contributed by atoms with Crippen molar-refractivity contribution >= 4 is 23.6 Å². The van der Waals surface area contributed by atoms with Gasteiger partial charge in [0.1, 0.15) is 0 Å². The molecule has 1 aromatic rings. The molecule has 1 heterocycles. The van der Waals surface area contributed by atoms with Gasteiger partial charge in [-0.1, -0.05) is 26.0 Å². The number of nitrogens with zero attached hydrogens (tertiary/aromatic N) is 1. The second-order valence-corrected chi connectivity index (χ2v) is 8.07. The molecule has 2 rings (SSSR count). The fraction of sp³-hybridized carbons (Fsp3) is 0.579. The Morgan fingerprint density at radius 1 is 1.29 bits per heavy atom. The molecule has 0 aromatic heterocycles. The lowest BCUT2D eigenvalue weighted by atomic mass is 9.97. The second-order valence-electron chi connectivity index (χ2n) is 6.42. The number of ether oxygens (including phenoxy) is 1. The van der Waals surface area contributed by atoms with Gasteiger partial charge < -0.3 is 9.64 Å². The molecular formula is C19H27NO3S. The highest BCUT2D eigenvalue weighted by Crippen LogP contribution is 2.23. The Labute approximate surface area is 148 Å². The highest BCUT2D eigenvalue weighted by molar-refractivity contribution is 7.99. The standard InChI is InChI=1S/C19H27NO3S/c1-4-23-19(22)16-6-5-11-20(13-16)18(21)12-15-7-9-17(10-8-15)24-14(2)3/h7-10,14,16H,4-6,11-13H2,1-3H3. The van der Waals surface area contributed by atoms with E-state index in [1.165, 1.54) is 4.90 Å². The van der Waals surface area contributed by atoms with Gasteiger partial charge in [0.25, 0.3) is 0 Å². The summed E-state index contributed by atoms with van der Waals surface area (Å²) < 4.78 is 5.09. The number of carbonyl (C=O) groups excluding carboxylic acids is 2. The Balaban J connectivity index is 1.90. The molecule has 0 N–H and O–H groups in total. The highest BCUT2D eigenvalue weighted by Gasteiger charge is 2.29. The molecule has 1 aromatic carbocycles. The fourth-order valence-electron chi connectivity index (χ4n) is 2.90. The SMILES string of the molecule is CCOC(=O)C1CCCN(C(=O)Cc2ccc(SC(C)C)cc2)C1. The van der Waals surface area contributed by atoms with E-state index in [0.29, 0.717) is 24.8 Å². The first-order valence-corrected chi connectivity index (χ1v) is 9.57. The molecule has 0 saturated carbocycles. The highest BCUT2D eigenvalue weighted by atomic mass is 32.2. The summed E-state index contributed by atoms with van der Waals surface area (Å²) in [5.41, 5.74) is 1.02. The number of thioether (sulfide) groups is 1. The lowest BCUT2D eigenvalue weighted by Crippen LogP contribution is -2.43. The van der Waals surface area contributed by atoms with Crippen LogP contribution < -0.4 is 0 Å². The normalized spacial score (nSPS) is 17.8. The van der Waals surface area contributed by atoms with Crippen LogP contribution in [0.5, 0.6) is 0 Å². The van der Waals surface area contributed by atoms with Gasteiger partial charge in [0.15, 0.2) is 0 Å². The van der Waals surface area contributed by atoms with Crippen molar-refractivity contribution in [3.8, 4) is 0 Å². The maximum atomic E-state index is 12.5. The van der Waals surface area contributed by atoms with Gasteiger partial charge in [-0.25, -0.2) is 0 Å². The number of piperidine rings is 1. The third-order valence-corrected chi connectivity index (χ3v) is 5.06. The first-order valence-electron chi connectivity index (χ1n) is 8.69. The summed E-state index contributed by atoms with van der Waals surface area (Å²) in [5.74, 6) is -0.259. The molecule has 1 saturated heterocycles. The Morgan fingerprint density at radius 2 is 2.00 bits per heavy atom. The van der Waals surface area contributed by atoms with Crippen molar-refractivity contribution in [3.63, 3.8) is 0 Å². The van der Waals surface area contributed by atoms with Gasteiger partial charge in [0.2, 0.25) is 5.91 Å². The van der Waals surface area contributed by atoms with Gasteiger partial charge in [-0.05, 0) is 37.5 Å². The van der Waals surface area contributed by atoms with E-state index in [2.05, 4.69) is 26.0 Å². The number of hydrogen-bond donors (Lipinski definition) is 0. The van der Waals surface area contributed by atoms with E-state index in [1.807, 2.05) is 35.7 Å². The van der Waals surface area contributed by atoms with Crippen LogP contribution in [-0.4, -0.2) is 41.7 Å². The summed E-state index contributed by atoms with van der Waals surface area (Å²) in [7, 11) is 0. The van der Waals surface area contributed by atoms with Gasteiger partial charge in [-0.15, -0.1) is 11.8 Å². The number of carbonyl (C=O) groups is 2. The lowest BCUT2D eigenvalue weighted by Gasteiger charge is -2.31. The number of amides is 1. The molecule has 4 nitrogen and oxygen atoms in total. The topological polar surface area (TPSA) is 46.6 Å². The first kappa shape index (κ1) is 18.8. The van der Waals surface area contributed by atoms with Crippen LogP contribution in [0.25, 0.3) is 0 Å². The van der Waals surface area contributed by atoms with Crippen LogP contribution in [0, 0.1) is 5.92 Å². The monoisotopic (exact) mass is 349 g/mol. The maximum Gasteiger partial charge on any atom is 0.310 e. The van der Waals surface area contributed by atoms with Crippen LogP contribution >= 0.6 is 11.8 Å². The van der Waals surface area contributed by atoms with Crippen LogP contribution in [0.4, 0.5) is 0 Å². The minimum atomic E-state index is -0.176. The number of rotatable bonds is 6. The summed E-state index contributed by atoms with van der Waals surface area (Å²) >= 11 is 1.82. The molecule has 1 amide bonds.